The van der Waals surface area contributed by atoms with Gasteiger partial charge < -0.3 is 14.8 Å². The van der Waals surface area contributed by atoms with Crippen molar-refractivity contribution in [2.24, 2.45) is 4.99 Å². The van der Waals surface area contributed by atoms with E-state index in [1.165, 1.54) is 30.6 Å². The number of halogens is 3. The zero-order chi connectivity index (χ0) is 46.7. The third kappa shape index (κ3) is 9.76. The molecule has 3 aromatic carbocycles. The standard InChI is InChI=1S/C47H46ClF2N9O5S2/c1-26-28(3)65-47-42(26)43(30-11-13-33(48)14-12-30)55-37(45-57-56-29(4)59(45)47)23-41(60)51-17-9-7-6-8-10-18-64-39-21-31(19-35-27(2)53-25-54-44(35)39)32-20-38(46(63-5)52-24-32)58-66(61,62)40-16-15-34(49)22-36(40)50/h11-16,19-22,24-25,37,58H,6-10,17-18,23H2,1-5H3,(H,51,60)/t37-/m0/s1. The molecule has 0 radical (unpaired) electrons. The molecule has 0 bridgehead atoms. The number of carbonyl (C=O) groups is 1. The SMILES string of the molecule is COc1ncc(-c2cc(OCCCCCCCNC(=O)C[C@@H]3N=C(c4ccc(Cl)cc4)c4c(sc(C)c4C)-n4c(C)nnc43)c3ncnc(C)c3c2)cc1NS(=O)(=O)c1ccc(F)cc1F. The molecule has 0 fully saturated rings. The number of hydrogen-bond acceptors (Lipinski definition) is 12. The monoisotopic (exact) mass is 953 g/mol. The zero-order valence-corrected chi connectivity index (χ0v) is 39.2. The van der Waals surface area contributed by atoms with Gasteiger partial charge in [-0.05, 0) is 94.1 Å². The number of aryl methyl sites for hydroxylation is 3. The van der Waals surface area contributed by atoms with Crippen LogP contribution in [0.1, 0.15) is 83.5 Å². The Bertz CT molecular complexity index is 3110. The molecule has 0 unspecified atom stereocenters. The van der Waals surface area contributed by atoms with Gasteiger partial charge in [0.05, 0.1) is 25.8 Å². The molecule has 66 heavy (non-hydrogen) atoms. The van der Waals surface area contributed by atoms with Crippen LogP contribution in [0, 0.1) is 39.3 Å². The number of carbonyl (C=O) groups excluding carboxylic acids is 1. The fraction of sp³-hybridized carbons (Fsp3) is 0.298. The van der Waals surface area contributed by atoms with Crippen LogP contribution in [0.25, 0.3) is 27.0 Å². The Hall–Kier alpha value is -6.37. The van der Waals surface area contributed by atoms with Crippen LogP contribution < -0.4 is 19.5 Å². The lowest BCUT2D eigenvalue weighted by atomic mass is 9.99. The average molecular weight is 955 g/mol. The number of anilines is 1. The second-order valence-corrected chi connectivity index (χ2v) is 19.2. The van der Waals surface area contributed by atoms with Crippen LogP contribution in [-0.2, 0) is 14.8 Å². The summed E-state index contributed by atoms with van der Waals surface area (Å²) >= 11 is 7.92. The maximum Gasteiger partial charge on any atom is 0.264 e. The number of amides is 1. The summed E-state index contributed by atoms with van der Waals surface area (Å²) < 4.78 is 70.4. The van der Waals surface area contributed by atoms with Gasteiger partial charge in [0.2, 0.25) is 11.8 Å². The molecule has 1 aliphatic rings. The summed E-state index contributed by atoms with van der Waals surface area (Å²) in [5.74, 6) is -0.443. The topological polar surface area (TPSA) is 175 Å². The van der Waals surface area contributed by atoms with Crippen LogP contribution in [0.5, 0.6) is 11.6 Å². The summed E-state index contributed by atoms with van der Waals surface area (Å²) in [5.41, 5.74) is 6.25. The van der Waals surface area contributed by atoms with Gasteiger partial charge in [0.1, 0.15) is 56.7 Å². The Kier molecular flexibility index (Phi) is 13.7. The number of aliphatic imine (C=N–C) groups is 1. The number of nitrogens with zero attached hydrogens (tertiary/aromatic N) is 7. The molecule has 7 aromatic rings. The Morgan fingerprint density at radius 3 is 2.44 bits per heavy atom. The molecule has 0 saturated carbocycles. The van der Waals surface area contributed by atoms with Crippen LogP contribution in [0.2, 0.25) is 5.02 Å². The van der Waals surface area contributed by atoms with Gasteiger partial charge >= 0.3 is 0 Å². The first-order chi connectivity index (χ1) is 31.7. The van der Waals surface area contributed by atoms with Crippen molar-refractivity contribution in [1.29, 1.82) is 0 Å². The summed E-state index contributed by atoms with van der Waals surface area (Å²) in [6, 6.07) is 14.4. The number of thiophene rings is 1. The van der Waals surface area contributed by atoms with Crippen molar-refractivity contribution in [2.75, 3.05) is 25.0 Å². The van der Waals surface area contributed by atoms with E-state index in [2.05, 4.69) is 49.0 Å². The summed E-state index contributed by atoms with van der Waals surface area (Å²) in [6.07, 6.45) is 7.39. The van der Waals surface area contributed by atoms with Crippen molar-refractivity contribution < 1.29 is 31.5 Å². The lowest BCUT2D eigenvalue weighted by Gasteiger charge is -2.15. The molecule has 14 nitrogen and oxygen atoms in total. The van der Waals surface area contributed by atoms with Gasteiger partial charge in [0, 0.05) is 56.5 Å². The molecule has 0 saturated heterocycles. The molecule has 2 N–H and O–H groups in total. The van der Waals surface area contributed by atoms with E-state index in [1.54, 1.807) is 17.4 Å². The molecule has 342 valence electrons. The van der Waals surface area contributed by atoms with Crippen molar-refractivity contribution in [2.45, 2.75) is 77.2 Å². The summed E-state index contributed by atoms with van der Waals surface area (Å²) in [6.45, 7) is 8.88. The van der Waals surface area contributed by atoms with Gasteiger partial charge in [0.15, 0.2) is 5.82 Å². The van der Waals surface area contributed by atoms with Crippen molar-refractivity contribution in [3.8, 4) is 27.8 Å². The van der Waals surface area contributed by atoms with E-state index in [0.717, 1.165) is 82.9 Å². The number of hydrogen-bond donors (Lipinski definition) is 2. The van der Waals surface area contributed by atoms with E-state index in [4.69, 9.17) is 26.1 Å². The predicted octanol–water partition coefficient (Wildman–Crippen LogP) is 9.74. The minimum absolute atomic E-state index is 0.0532. The third-order valence-corrected chi connectivity index (χ3v) is 14.2. The number of sulfonamides is 1. The fourth-order valence-electron chi connectivity index (χ4n) is 7.82. The van der Waals surface area contributed by atoms with E-state index in [9.17, 15) is 22.0 Å². The number of aromatic nitrogens is 6. The van der Waals surface area contributed by atoms with E-state index >= 15 is 0 Å². The second kappa shape index (κ2) is 19.6. The molecule has 1 aliphatic heterocycles. The quantitative estimate of drug-likeness (QED) is 0.0836. The largest absolute Gasteiger partial charge is 0.491 e. The first-order valence-electron chi connectivity index (χ1n) is 21.3. The highest BCUT2D eigenvalue weighted by atomic mass is 35.5. The summed E-state index contributed by atoms with van der Waals surface area (Å²) in [7, 11) is -3.17. The van der Waals surface area contributed by atoms with Crippen LogP contribution in [0.3, 0.4) is 0 Å². The normalized spacial score (nSPS) is 13.5. The Morgan fingerprint density at radius 2 is 1.67 bits per heavy atom. The maximum atomic E-state index is 14.5. The predicted molar refractivity (Wildman–Crippen MR) is 251 cm³/mol. The summed E-state index contributed by atoms with van der Waals surface area (Å²) in [4.78, 5) is 32.2. The highest BCUT2D eigenvalue weighted by Crippen LogP contribution is 2.40. The summed E-state index contributed by atoms with van der Waals surface area (Å²) in [5, 5.41) is 14.3. The number of benzene rings is 3. The van der Waals surface area contributed by atoms with Crippen molar-refractivity contribution >= 4 is 61.2 Å². The molecule has 1 amide bonds. The van der Waals surface area contributed by atoms with E-state index < -0.39 is 32.6 Å². The minimum Gasteiger partial charge on any atom is -0.491 e. The van der Waals surface area contributed by atoms with Gasteiger partial charge in [-0.1, -0.05) is 43.0 Å². The molecule has 0 aliphatic carbocycles. The van der Waals surface area contributed by atoms with Gasteiger partial charge in [0.25, 0.3) is 10.0 Å². The molecule has 19 heteroatoms. The number of unbranched alkanes of at least 4 members (excludes halogenated alkanes) is 4. The van der Waals surface area contributed by atoms with Crippen molar-refractivity contribution in [3.05, 3.63) is 129 Å². The average Bonchev–Trinajstić information content (AvgIpc) is 3.77. The number of fused-ring (bicyclic) bond motifs is 4. The van der Waals surface area contributed by atoms with Gasteiger partial charge in [-0.3, -0.25) is 19.1 Å². The van der Waals surface area contributed by atoms with E-state index in [1.807, 2.05) is 48.7 Å². The smallest absolute Gasteiger partial charge is 0.264 e. The Labute approximate surface area is 389 Å². The van der Waals surface area contributed by atoms with Crippen LogP contribution in [0.15, 0.2) is 83.1 Å². The van der Waals surface area contributed by atoms with E-state index in [0.29, 0.717) is 58.2 Å². The number of ether oxygens (including phenoxy) is 2. The minimum atomic E-state index is -4.49. The third-order valence-electron chi connectivity index (χ3n) is 11.3. The molecule has 1 atom stereocenters. The van der Waals surface area contributed by atoms with Crippen LogP contribution in [-0.4, -0.2) is 70.0 Å². The molecular weight excluding hydrogens is 908 g/mol. The lowest BCUT2D eigenvalue weighted by molar-refractivity contribution is -0.121. The second-order valence-electron chi connectivity index (χ2n) is 15.9. The molecule has 4 aromatic heterocycles. The first-order valence-corrected chi connectivity index (χ1v) is 23.9. The molecule has 5 heterocycles. The highest BCUT2D eigenvalue weighted by molar-refractivity contribution is 7.92. The highest BCUT2D eigenvalue weighted by Gasteiger charge is 2.32. The lowest BCUT2D eigenvalue weighted by Crippen LogP contribution is -2.26. The molecule has 8 rings (SSSR count). The van der Waals surface area contributed by atoms with E-state index in [-0.39, 0.29) is 23.9 Å². The van der Waals surface area contributed by atoms with Gasteiger partial charge in [-0.15, -0.1) is 21.5 Å². The number of methoxy groups -OCH3 is 1. The molecular formula is C47H46ClF2N9O5S2. The first kappa shape index (κ1) is 46.2. The Balaban J connectivity index is 0.866. The number of rotatable bonds is 17. The van der Waals surface area contributed by atoms with Crippen LogP contribution in [0.4, 0.5) is 14.5 Å². The number of pyridine rings is 1. The Morgan fingerprint density at radius 1 is 0.894 bits per heavy atom. The van der Waals surface area contributed by atoms with Crippen LogP contribution >= 0.6 is 22.9 Å². The fourth-order valence-corrected chi connectivity index (χ4v) is 10.3. The van der Waals surface area contributed by atoms with Gasteiger partial charge in [-0.2, -0.15) is 0 Å². The van der Waals surface area contributed by atoms with Crippen molar-refractivity contribution in [1.82, 2.24) is 35.0 Å². The molecule has 0 spiro atoms. The van der Waals surface area contributed by atoms with Gasteiger partial charge in [-0.25, -0.2) is 32.2 Å². The maximum absolute atomic E-state index is 14.5. The zero-order valence-electron chi connectivity index (χ0n) is 36.8. The number of nitrogens with one attached hydrogen (secondary N) is 2. The van der Waals surface area contributed by atoms with Crippen molar-refractivity contribution in [3.63, 3.8) is 0 Å².